The number of anilines is 1. The van der Waals surface area contributed by atoms with Crippen LogP contribution in [0.2, 0.25) is 0 Å². The first-order chi connectivity index (χ1) is 17.1. The molecule has 2 aromatic rings. The standard InChI is InChI=1S/C31H38N2O3/c1-21-12-14-23(15-13-21)22(2)19-25(34)20-26(31(3,4)5)29(35)32-17-8-11-28(32)30(36)33-18-16-24-9-6-7-10-27(24)33/h6-7,9-10,12-15,19,26,28H,8,11,16-18,20H2,1-5H3/b22-19+/t26-,28+/m1/s1. The largest absolute Gasteiger partial charge is 0.330 e. The Morgan fingerprint density at radius 2 is 1.72 bits per heavy atom. The molecular weight excluding hydrogens is 448 g/mol. The number of amides is 2. The molecular formula is C31H38N2O3. The molecule has 4 rings (SSSR count). The van der Waals surface area contributed by atoms with Gasteiger partial charge in [0.15, 0.2) is 5.78 Å². The Morgan fingerprint density at radius 1 is 1.03 bits per heavy atom. The van der Waals surface area contributed by atoms with Gasteiger partial charge in [0, 0.05) is 25.2 Å². The van der Waals surface area contributed by atoms with E-state index in [1.807, 2.05) is 82.0 Å². The smallest absolute Gasteiger partial charge is 0.249 e. The van der Waals surface area contributed by atoms with Crippen molar-refractivity contribution in [3.8, 4) is 0 Å². The molecule has 5 heteroatoms. The van der Waals surface area contributed by atoms with Crippen LogP contribution in [0.4, 0.5) is 5.69 Å². The van der Waals surface area contributed by atoms with Gasteiger partial charge in [-0.3, -0.25) is 14.4 Å². The van der Waals surface area contributed by atoms with E-state index in [1.54, 1.807) is 11.0 Å². The maximum absolute atomic E-state index is 13.9. The number of carbonyl (C=O) groups is 3. The lowest BCUT2D eigenvalue weighted by atomic mass is 9.76. The molecule has 0 radical (unpaired) electrons. The Hall–Kier alpha value is -3.21. The number of hydrogen-bond acceptors (Lipinski definition) is 3. The van der Waals surface area contributed by atoms with Gasteiger partial charge in [-0.1, -0.05) is 68.8 Å². The molecule has 2 amide bonds. The maximum atomic E-state index is 13.9. The molecule has 1 fully saturated rings. The summed E-state index contributed by atoms with van der Waals surface area (Å²) in [6, 6.07) is 15.6. The second-order valence-corrected chi connectivity index (χ2v) is 11.3. The van der Waals surface area contributed by atoms with E-state index in [2.05, 4.69) is 6.07 Å². The zero-order chi connectivity index (χ0) is 26.0. The Balaban J connectivity index is 1.51. The summed E-state index contributed by atoms with van der Waals surface area (Å²) in [6.45, 7) is 11.2. The van der Waals surface area contributed by atoms with Crippen molar-refractivity contribution in [2.24, 2.45) is 11.3 Å². The molecule has 5 nitrogen and oxygen atoms in total. The van der Waals surface area contributed by atoms with E-state index in [-0.39, 0.29) is 24.0 Å². The zero-order valence-electron chi connectivity index (χ0n) is 22.2. The summed E-state index contributed by atoms with van der Waals surface area (Å²) in [5, 5.41) is 0. The fourth-order valence-corrected chi connectivity index (χ4v) is 5.40. The predicted molar refractivity (Wildman–Crippen MR) is 145 cm³/mol. The summed E-state index contributed by atoms with van der Waals surface area (Å²) in [5.74, 6) is -0.635. The Morgan fingerprint density at radius 3 is 2.42 bits per heavy atom. The third-order valence-corrected chi connectivity index (χ3v) is 7.61. The first-order valence-electron chi connectivity index (χ1n) is 13.0. The minimum atomic E-state index is -0.494. The van der Waals surface area contributed by atoms with Crippen molar-refractivity contribution in [3.63, 3.8) is 0 Å². The van der Waals surface area contributed by atoms with Crippen molar-refractivity contribution >= 4 is 28.9 Å². The topological polar surface area (TPSA) is 57.7 Å². The monoisotopic (exact) mass is 486 g/mol. The van der Waals surface area contributed by atoms with Crippen molar-refractivity contribution in [1.29, 1.82) is 0 Å². The van der Waals surface area contributed by atoms with Crippen molar-refractivity contribution in [2.45, 2.75) is 66.3 Å². The van der Waals surface area contributed by atoms with Crippen molar-refractivity contribution in [2.75, 3.05) is 18.0 Å². The van der Waals surface area contributed by atoms with Gasteiger partial charge in [0.25, 0.3) is 0 Å². The van der Waals surface area contributed by atoms with Crippen LogP contribution in [-0.2, 0) is 20.8 Å². The highest BCUT2D eigenvalue weighted by atomic mass is 16.2. The second-order valence-electron chi connectivity index (χ2n) is 11.3. The molecule has 2 aliphatic heterocycles. The number of nitrogens with zero attached hydrogens (tertiary/aromatic N) is 2. The van der Waals surface area contributed by atoms with E-state index >= 15 is 0 Å². The Labute approximate surface area is 215 Å². The van der Waals surface area contributed by atoms with E-state index in [0.717, 1.165) is 29.7 Å². The zero-order valence-corrected chi connectivity index (χ0v) is 22.2. The van der Waals surface area contributed by atoms with E-state index < -0.39 is 17.4 Å². The first-order valence-corrected chi connectivity index (χ1v) is 13.0. The van der Waals surface area contributed by atoms with Crippen molar-refractivity contribution in [1.82, 2.24) is 4.90 Å². The SMILES string of the molecule is C/C(=C\C(=O)C[C@H](C(=O)N1CCC[C@H]1C(=O)N1CCc2ccccc21)C(C)(C)C)c1ccc(C)cc1. The molecule has 0 aromatic heterocycles. The summed E-state index contributed by atoms with van der Waals surface area (Å²) in [5.41, 5.74) is 4.79. The molecule has 2 atom stereocenters. The Bertz CT molecular complexity index is 1170. The van der Waals surface area contributed by atoms with Gasteiger partial charge in [0.05, 0.1) is 5.92 Å². The van der Waals surface area contributed by atoms with Gasteiger partial charge in [0.1, 0.15) is 6.04 Å². The normalized spacial score (nSPS) is 18.8. The lowest BCUT2D eigenvalue weighted by Gasteiger charge is -2.35. The second kappa shape index (κ2) is 10.4. The molecule has 0 bridgehead atoms. The highest BCUT2D eigenvalue weighted by molar-refractivity contribution is 6.02. The van der Waals surface area contributed by atoms with Gasteiger partial charge in [-0.2, -0.15) is 0 Å². The van der Waals surface area contributed by atoms with Crippen molar-refractivity contribution < 1.29 is 14.4 Å². The third kappa shape index (κ3) is 5.45. The molecule has 36 heavy (non-hydrogen) atoms. The van der Waals surface area contributed by atoms with Crippen LogP contribution < -0.4 is 4.90 Å². The number of rotatable bonds is 6. The number of fused-ring (bicyclic) bond motifs is 1. The lowest BCUT2D eigenvalue weighted by Crippen LogP contribution is -2.51. The van der Waals surface area contributed by atoms with Crippen LogP contribution in [0.25, 0.3) is 5.57 Å². The average Bonchev–Trinajstić information content (AvgIpc) is 3.49. The van der Waals surface area contributed by atoms with Crippen LogP contribution in [0, 0.1) is 18.3 Å². The molecule has 0 spiro atoms. The molecule has 0 unspecified atom stereocenters. The summed E-state index contributed by atoms with van der Waals surface area (Å²) >= 11 is 0. The van der Waals surface area contributed by atoms with Gasteiger partial charge in [-0.05, 0) is 67.4 Å². The van der Waals surface area contributed by atoms with Gasteiger partial charge in [0.2, 0.25) is 11.8 Å². The number of hydrogen-bond donors (Lipinski definition) is 0. The van der Waals surface area contributed by atoms with Crippen LogP contribution in [0.5, 0.6) is 0 Å². The minimum Gasteiger partial charge on any atom is -0.330 e. The molecule has 2 aliphatic rings. The number of benzene rings is 2. The molecule has 2 aromatic carbocycles. The molecule has 0 N–H and O–H groups in total. The molecule has 2 heterocycles. The van der Waals surface area contributed by atoms with Crippen LogP contribution in [0.1, 0.15) is 63.6 Å². The van der Waals surface area contributed by atoms with Crippen LogP contribution in [-0.4, -0.2) is 41.6 Å². The van der Waals surface area contributed by atoms with E-state index in [9.17, 15) is 14.4 Å². The highest BCUT2D eigenvalue weighted by Gasteiger charge is 2.43. The van der Waals surface area contributed by atoms with E-state index in [0.29, 0.717) is 19.5 Å². The Kier molecular flexibility index (Phi) is 7.49. The molecule has 0 aliphatic carbocycles. The fraction of sp³-hybridized carbons (Fsp3) is 0.452. The number of likely N-dealkylation sites (tertiary alicyclic amines) is 1. The van der Waals surface area contributed by atoms with Gasteiger partial charge < -0.3 is 9.80 Å². The van der Waals surface area contributed by atoms with Gasteiger partial charge in [-0.25, -0.2) is 0 Å². The number of ketones is 1. The minimum absolute atomic E-state index is 0.0000953. The summed E-state index contributed by atoms with van der Waals surface area (Å²) in [7, 11) is 0. The number of carbonyl (C=O) groups excluding carboxylic acids is 3. The number of para-hydroxylation sites is 1. The van der Waals surface area contributed by atoms with Crippen molar-refractivity contribution in [3.05, 3.63) is 71.3 Å². The molecule has 0 saturated carbocycles. The maximum Gasteiger partial charge on any atom is 0.249 e. The number of aryl methyl sites for hydroxylation is 1. The third-order valence-electron chi connectivity index (χ3n) is 7.61. The summed E-state index contributed by atoms with van der Waals surface area (Å²) in [6.07, 6.45) is 4.10. The van der Waals surface area contributed by atoms with E-state index in [1.165, 1.54) is 11.1 Å². The first kappa shape index (κ1) is 25.9. The van der Waals surface area contributed by atoms with E-state index in [4.69, 9.17) is 0 Å². The van der Waals surface area contributed by atoms with Gasteiger partial charge >= 0.3 is 0 Å². The quantitative estimate of drug-likeness (QED) is 0.500. The summed E-state index contributed by atoms with van der Waals surface area (Å²) in [4.78, 5) is 44.2. The van der Waals surface area contributed by atoms with Crippen LogP contribution in [0.15, 0.2) is 54.6 Å². The molecule has 190 valence electrons. The van der Waals surface area contributed by atoms with Crippen LogP contribution >= 0.6 is 0 Å². The van der Waals surface area contributed by atoms with Gasteiger partial charge in [-0.15, -0.1) is 0 Å². The number of allylic oxidation sites excluding steroid dienone is 2. The summed E-state index contributed by atoms with van der Waals surface area (Å²) < 4.78 is 0. The highest BCUT2D eigenvalue weighted by Crippen LogP contribution is 2.35. The average molecular weight is 487 g/mol. The fourth-order valence-electron chi connectivity index (χ4n) is 5.40. The lowest BCUT2D eigenvalue weighted by molar-refractivity contribution is -0.145. The molecule has 1 saturated heterocycles. The predicted octanol–water partition coefficient (Wildman–Crippen LogP) is 5.60. The van der Waals surface area contributed by atoms with Crippen LogP contribution in [0.3, 0.4) is 0 Å².